The van der Waals surface area contributed by atoms with E-state index in [2.05, 4.69) is 56.7 Å². The first-order valence-electron chi connectivity index (χ1n) is 6.68. The van der Waals surface area contributed by atoms with E-state index in [1.54, 1.807) is 0 Å². The van der Waals surface area contributed by atoms with Crippen LogP contribution >= 0.6 is 0 Å². The van der Waals surface area contributed by atoms with Crippen molar-refractivity contribution in [3.8, 4) is 0 Å². The Labute approximate surface area is 106 Å². The highest BCUT2D eigenvalue weighted by atomic mass is 15.3. The van der Waals surface area contributed by atoms with E-state index in [0.29, 0.717) is 0 Å². The van der Waals surface area contributed by atoms with Crippen LogP contribution in [0.25, 0.3) is 0 Å². The predicted molar refractivity (Wildman–Crippen MR) is 72.6 cm³/mol. The normalized spacial score (nSPS) is 22.8. The summed E-state index contributed by atoms with van der Waals surface area (Å²) >= 11 is 0. The first-order chi connectivity index (χ1) is 7.69. The lowest BCUT2D eigenvalue weighted by atomic mass is 10.0. The zero-order valence-corrected chi connectivity index (χ0v) is 12.2. The molecule has 0 saturated heterocycles. The molecule has 0 saturated carbocycles. The van der Waals surface area contributed by atoms with Crippen LogP contribution in [0.3, 0.4) is 0 Å². The Hall–Kier alpha value is -0.700. The third-order valence-electron chi connectivity index (χ3n) is 3.84. The standard InChI is InChI=1S/C14H27N3/c1-13(2,3)16-9-12-11(15-10-16)7-8-17(12)14(4,5)6/h15H,7-10H2,1-6H3. The van der Waals surface area contributed by atoms with Crippen molar-refractivity contribution in [1.82, 2.24) is 15.1 Å². The Balaban J connectivity index is 2.19. The molecule has 1 N–H and O–H groups in total. The van der Waals surface area contributed by atoms with E-state index in [4.69, 9.17) is 0 Å². The van der Waals surface area contributed by atoms with Gasteiger partial charge in [-0.25, -0.2) is 0 Å². The van der Waals surface area contributed by atoms with Crippen molar-refractivity contribution in [3.05, 3.63) is 11.4 Å². The summed E-state index contributed by atoms with van der Waals surface area (Å²) in [6.45, 7) is 17.0. The van der Waals surface area contributed by atoms with Crippen LogP contribution in [0.5, 0.6) is 0 Å². The van der Waals surface area contributed by atoms with E-state index in [9.17, 15) is 0 Å². The second-order valence-electron chi connectivity index (χ2n) is 7.20. The molecule has 0 aromatic heterocycles. The van der Waals surface area contributed by atoms with Gasteiger partial charge >= 0.3 is 0 Å². The minimum Gasteiger partial charge on any atom is -0.374 e. The van der Waals surface area contributed by atoms with E-state index in [1.165, 1.54) is 24.4 Å². The van der Waals surface area contributed by atoms with Gasteiger partial charge in [0, 0.05) is 42.0 Å². The molecule has 98 valence electrons. The van der Waals surface area contributed by atoms with Gasteiger partial charge < -0.3 is 10.2 Å². The molecule has 0 fully saturated rings. The summed E-state index contributed by atoms with van der Waals surface area (Å²) < 4.78 is 0. The molecular formula is C14H27N3. The second kappa shape index (κ2) is 3.91. The smallest absolute Gasteiger partial charge is 0.0684 e. The van der Waals surface area contributed by atoms with Gasteiger partial charge in [-0.05, 0) is 41.5 Å². The molecule has 0 spiro atoms. The van der Waals surface area contributed by atoms with E-state index in [-0.39, 0.29) is 11.1 Å². The van der Waals surface area contributed by atoms with Gasteiger partial charge in [0.1, 0.15) is 0 Å². The van der Waals surface area contributed by atoms with Gasteiger partial charge in [0.15, 0.2) is 0 Å². The first kappa shape index (κ1) is 12.7. The van der Waals surface area contributed by atoms with E-state index in [0.717, 1.165) is 13.2 Å². The fourth-order valence-corrected chi connectivity index (χ4v) is 2.68. The molecule has 0 radical (unpaired) electrons. The van der Waals surface area contributed by atoms with Crippen LogP contribution in [-0.4, -0.2) is 40.6 Å². The van der Waals surface area contributed by atoms with Gasteiger partial charge in [0.05, 0.1) is 6.67 Å². The van der Waals surface area contributed by atoms with Crippen LogP contribution in [-0.2, 0) is 0 Å². The molecule has 0 aliphatic carbocycles. The van der Waals surface area contributed by atoms with Gasteiger partial charge in [-0.15, -0.1) is 0 Å². The summed E-state index contributed by atoms with van der Waals surface area (Å²) in [5.74, 6) is 0. The largest absolute Gasteiger partial charge is 0.374 e. The van der Waals surface area contributed by atoms with Crippen molar-refractivity contribution >= 4 is 0 Å². The minimum atomic E-state index is 0.234. The van der Waals surface area contributed by atoms with Gasteiger partial charge in [-0.2, -0.15) is 0 Å². The van der Waals surface area contributed by atoms with E-state index >= 15 is 0 Å². The van der Waals surface area contributed by atoms with E-state index < -0.39 is 0 Å². The zero-order chi connectivity index (χ0) is 12.8. The molecule has 17 heavy (non-hydrogen) atoms. The molecular weight excluding hydrogens is 210 g/mol. The Bertz CT molecular complexity index is 330. The number of hydrogen-bond acceptors (Lipinski definition) is 3. The lowest BCUT2D eigenvalue weighted by Gasteiger charge is -2.43. The van der Waals surface area contributed by atoms with Gasteiger partial charge in [0.2, 0.25) is 0 Å². The fraction of sp³-hybridized carbons (Fsp3) is 0.857. The maximum absolute atomic E-state index is 3.60. The molecule has 3 heteroatoms. The third kappa shape index (κ3) is 2.44. The maximum atomic E-state index is 3.60. The van der Waals surface area contributed by atoms with Gasteiger partial charge in [-0.3, -0.25) is 4.90 Å². The quantitative estimate of drug-likeness (QED) is 0.698. The monoisotopic (exact) mass is 237 g/mol. The molecule has 0 aromatic rings. The molecule has 2 aliphatic heterocycles. The van der Waals surface area contributed by atoms with Crippen LogP contribution in [0.4, 0.5) is 0 Å². The number of hydrogen-bond donors (Lipinski definition) is 1. The van der Waals surface area contributed by atoms with Crippen LogP contribution < -0.4 is 5.32 Å². The SMILES string of the molecule is CC(C)(C)N1CNC2=C(C1)N(C(C)(C)C)CC2. The van der Waals surface area contributed by atoms with Crippen molar-refractivity contribution in [2.24, 2.45) is 0 Å². The molecule has 2 heterocycles. The summed E-state index contributed by atoms with van der Waals surface area (Å²) in [5, 5.41) is 3.60. The molecule has 0 bridgehead atoms. The molecule has 0 amide bonds. The number of rotatable bonds is 0. The maximum Gasteiger partial charge on any atom is 0.0684 e. The number of nitrogens with one attached hydrogen (secondary N) is 1. The Morgan fingerprint density at radius 2 is 1.65 bits per heavy atom. The summed E-state index contributed by atoms with van der Waals surface area (Å²) in [6, 6.07) is 0. The van der Waals surface area contributed by atoms with E-state index in [1.807, 2.05) is 0 Å². The van der Waals surface area contributed by atoms with Crippen LogP contribution in [0.1, 0.15) is 48.0 Å². The minimum absolute atomic E-state index is 0.234. The third-order valence-corrected chi connectivity index (χ3v) is 3.84. The number of nitrogens with zero attached hydrogens (tertiary/aromatic N) is 2. The molecule has 3 nitrogen and oxygen atoms in total. The lowest BCUT2D eigenvalue weighted by molar-refractivity contribution is 0.106. The summed E-state index contributed by atoms with van der Waals surface area (Å²) in [5.41, 5.74) is 3.45. The highest BCUT2D eigenvalue weighted by Crippen LogP contribution is 2.32. The highest BCUT2D eigenvalue weighted by molar-refractivity contribution is 5.24. The van der Waals surface area contributed by atoms with Gasteiger partial charge in [-0.1, -0.05) is 0 Å². The zero-order valence-electron chi connectivity index (χ0n) is 12.2. The van der Waals surface area contributed by atoms with Crippen molar-refractivity contribution in [3.63, 3.8) is 0 Å². The Kier molecular flexibility index (Phi) is 2.93. The summed E-state index contributed by atoms with van der Waals surface area (Å²) in [4.78, 5) is 5.07. The molecule has 0 atom stereocenters. The summed E-state index contributed by atoms with van der Waals surface area (Å²) in [6.07, 6.45) is 1.19. The van der Waals surface area contributed by atoms with Crippen molar-refractivity contribution in [2.75, 3.05) is 19.8 Å². The average Bonchev–Trinajstić information content (AvgIpc) is 2.57. The Morgan fingerprint density at radius 3 is 2.18 bits per heavy atom. The molecule has 2 rings (SSSR count). The molecule has 0 unspecified atom stereocenters. The van der Waals surface area contributed by atoms with Crippen molar-refractivity contribution < 1.29 is 0 Å². The topological polar surface area (TPSA) is 18.5 Å². The molecule has 0 aromatic carbocycles. The fourth-order valence-electron chi connectivity index (χ4n) is 2.68. The van der Waals surface area contributed by atoms with Gasteiger partial charge in [0.25, 0.3) is 0 Å². The second-order valence-corrected chi connectivity index (χ2v) is 7.20. The van der Waals surface area contributed by atoms with Crippen LogP contribution in [0, 0.1) is 0 Å². The lowest BCUT2D eigenvalue weighted by Crippen LogP contribution is -2.52. The Morgan fingerprint density at radius 1 is 1.00 bits per heavy atom. The van der Waals surface area contributed by atoms with Crippen LogP contribution in [0.2, 0.25) is 0 Å². The predicted octanol–water partition coefficient (Wildman–Crippen LogP) is 2.36. The van der Waals surface area contributed by atoms with Crippen molar-refractivity contribution in [1.29, 1.82) is 0 Å². The van der Waals surface area contributed by atoms with Crippen molar-refractivity contribution in [2.45, 2.75) is 59.0 Å². The van der Waals surface area contributed by atoms with Crippen LogP contribution in [0.15, 0.2) is 11.4 Å². The highest BCUT2D eigenvalue weighted by Gasteiger charge is 2.36. The average molecular weight is 237 g/mol. The molecule has 2 aliphatic rings. The first-order valence-corrected chi connectivity index (χ1v) is 6.68. The summed E-state index contributed by atoms with van der Waals surface area (Å²) in [7, 11) is 0.